The van der Waals surface area contributed by atoms with Gasteiger partial charge in [-0.05, 0) is 31.4 Å². The van der Waals surface area contributed by atoms with E-state index in [1.165, 1.54) is 27.7 Å². The second kappa shape index (κ2) is 18.3. The SMILES string of the molecule is CC1NC(=O)C2CC(O)CN2C(=O)C2CSc3[nH]c4ccccc4c3CC(NC1=O)C(=O)NC(CC(C)(O)CO)C(=O)NC(C(C)C)C(=O)NC(C(O)C(=O)O)C(=O)N2. The molecule has 1 aromatic heterocycles. The van der Waals surface area contributed by atoms with E-state index in [0.717, 1.165) is 16.7 Å². The van der Waals surface area contributed by atoms with Crippen LogP contribution in [-0.2, 0) is 44.8 Å². The Morgan fingerprint density at radius 2 is 1.53 bits per heavy atom. The van der Waals surface area contributed by atoms with E-state index in [4.69, 9.17) is 0 Å². The van der Waals surface area contributed by atoms with Gasteiger partial charge in [-0.15, -0.1) is 11.8 Å². The van der Waals surface area contributed by atoms with Crippen LogP contribution in [0.1, 0.15) is 46.1 Å². The molecule has 7 amide bonds. The maximum atomic E-state index is 14.4. The predicted molar refractivity (Wildman–Crippen MR) is 207 cm³/mol. The fourth-order valence-electron chi connectivity index (χ4n) is 7.14. The Kier molecular flexibility index (Phi) is 13.9. The number of carboxylic acids is 1. The predicted octanol–water partition coefficient (Wildman–Crippen LogP) is -4.04. The molecule has 0 aliphatic carbocycles. The summed E-state index contributed by atoms with van der Waals surface area (Å²) in [6.45, 7) is 4.26. The van der Waals surface area contributed by atoms with Crippen LogP contribution in [0.2, 0.25) is 0 Å². The van der Waals surface area contributed by atoms with Crippen molar-refractivity contribution in [2.75, 3.05) is 18.9 Å². The van der Waals surface area contributed by atoms with Crippen LogP contribution in [0.15, 0.2) is 29.3 Å². The minimum Gasteiger partial charge on any atom is -0.479 e. The number of aromatic amines is 1. The first-order chi connectivity index (χ1) is 27.7. The fourth-order valence-corrected chi connectivity index (χ4v) is 8.25. The molecule has 0 spiro atoms. The first kappa shape index (κ1) is 44.8. The van der Waals surface area contributed by atoms with Crippen LogP contribution in [0.5, 0.6) is 0 Å². The number of thioether (sulfide) groups is 1. The molecule has 0 radical (unpaired) electrons. The van der Waals surface area contributed by atoms with E-state index in [2.05, 4.69) is 36.9 Å². The van der Waals surface area contributed by atoms with Crippen LogP contribution >= 0.6 is 11.8 Å². The number of hydrogen-bond donors (Lipinski definition) is 12. The number of aliphatic hydroxyl groups is 4. The summed E-state index contributed by atoms with van der Waals surface area (Å²) in [4.78, 5) is 114. The lowest BCUT2D eigenvalue weighted by atomic mass is 9.95. The van der Waals surface area contributed by atoms with Crippen molar-refractivity contribution in [2.24, 2.45) is 5.92 Å². The molecule has 59 heavy (non-hydrogen) atoms. The molecule has 21 nitrogen and oxygen atoms in total. The van der Waals surface area contributed by atoms with Gasteiger partial charge in [0.1, 0.15) is 42.3 Å². The number of hydrogen-bond acceptors (Lipinski definition) is 13. The van der Waals surface area contributed by atoms with Crippen LogP contribution < -0.4 is 31.9 Å². The Balaban J connectivity index is 1.73. The zero-order valence-corrected chi connectivity index (χ0v) is 33.5. The van der Waals surface area contributed by atoms with Crippen LogP contribution in [0, 0.1) is 5.92 Å². The van der Waals surface area contributed by atoms with Gasteiger partial charge in [0.15, 0.2) is 6.10 Å². The third-order valence-electron chi connectivity index (χ3n) is 10.5. The van der Waals surface area contributed by atoms with Crippen molar-refractivity contribution in [1.29, 1.82) is 0 Å². The van der Waals surface area contributed by atoms with Gasteiger partial charge in [-0.2, -0.15) is 0 Å². The topological polar surface area (TPSA) is 329 Å². The number of carboxylic acid groups (broad SMARTS) is 1. The van der Waals surface area contributed by atoms with Crippen molar-refractivity contribution >= 4 is 70.0 Å². The van der Waals surface area contributed by atoms with Gasteiger partial charge in [-0.1, -0.05) is 32.0 Å². The third kappa shape index (κ3) is 10.3. The van der Waals surface area contributed by atoms with Crippen LogP contribution in [0.25, 0.3) is 10.9 Å². The van der Waals surface area contributed by atoms with Crippen molar-refractivity contribution in [2.45, 2.75) is 112 Å². The average Bonchev–Trinajstić information content (AvgIpc) is 3.74. The maximum Gasteiger partial charge on any atom is 0.335 e. The van der Waals surface area contributed by atoms with Crippen molar-refractivity contribution in [3.05, 3.63) is 29.8 Å². The maximum absolute atomic E-state index is 14.4. The minimum absolute atomic E-state index is 0.259. The number of aromatic nitrogens is 1. The first-order valence-corrected chi connectivity index (χ1v) is 20.0. The lowest BCUT2D eigenvalue weighted by Crippen LogP contribution is -2.64. The number of H-pyrrole nitrogens is 1. The lowest BCUT2D eigenvalue weighted by Gasteiger charge is -2.32. The Labute approximate surface area is 341 Å². The lowest BCUT2D eigenvalue weighted by molar-refractivity contribution is -0.152. The van der Waals surface area contributed by atoms with Gasteiger partial charge in [0.25, 0.3) is 0 Å². The van der Waals surface area contributed by atoms with Crippen molar-refractivity contribution in [3.8, 4) is 0 Å². The van der Waals surface area contributed by atoms with Crippen molar-refractivity contribution in [3.63, 3.8) is 0 Å². The van der Waals surface area contributed by atoms with E-state index in [9.17, 15) is 63.9 Å². The summed E-state index contributed by atoms with van der Waals surface area (Å²) in [5.41, 5.74) is -0.960. The highest BCUT2D eigenvalue weighted by Gasteiger charge is 2.45. The Bertz CT molecular complexity index is 1990. The minimum atomic E-state index is -2.58. The summed E-state index contributed by atoms with van der Waals surface area (Å²) in [6, 6.07) is -4.38. The van der Waals surface area contributed by atoms with Gasteiger partial charge >= 0.3 is 5.97 Å². The standard InChI is InChI=1S/C37H50N8O13S/c1-15(2)25-32(53)44-26(27(48)36(56)57)33(54)41-23-13-59-34-19(18-7-5-6-8-20(18)42-34)10-21(29(50)40-22(30(51)43-25)11-37(4,58)14-46)39-28(49)16(3)38-31(52)24-9-17(47)12-45(24)35(23)55/h5-8,15-17,21-27,42,46-48,58H,9-14H2,1-4H3,(H,38,52)(H,39,49)(H,40,50)(H,41,54)(H,43,51)(H,44,53)(H,56,57). The van der Waals surface area contributed by atoms with E-state index in [0.29, 0.717) is 21.5 Å². The smallest absolute Gasteiger partial charge is 0.335 e. The van der Waals surface area contributed by atoms with Crippen molar-refractivity contribution in [1.82, 2.24) is 41.8 Å². The van der Waals surface area contributed by atoms with Crippen LogP contribution in [0.4, 0.5) is 0 Å². The molecule has 3 aliphatic heterocycles. The molecule has 4 heterocycles. The number of nitrogens with zero attached hydrogens (tertiary/aromatic N) is 1. The van der Waals surface area contributed by atoms with Crippen LogP contribution in [-0.4, -0.2) is 162 Å². The zero-order valence-electron chi connectivity index (χ0n) is 32.7. The van der Waals surface area contributed by atoms with Gasteiger partial charge < -0.3 is 67.3 Å². The van der Waals surface area contributed by atoms with Gasteiger partial charge in [0.2, 0.25) is 41.4 Å². The summed E-state index contributed by atoms with van der Waals surface area (Å²) >= 11 is 0.978. The monoisotopic (exact) mass is 846 g/mol. The number of nitrogens with one attached hydrogen (secondary N) is 7. The molecule has 1 aromatic carbocycles. The second-order valence-electron chi connectivity index (χ2n) is 15.7. The largest absolute Gasteiger partial charge is 0.479 e. The molecule has 10 atom stereocenters. The van der Waals surface area contributed by atoms with E-state index in [1.54, 1.807) is 24.3 Å². The van der Waals surface area contributed by atoms with E-state index in [1.807, 2.05) is 0 Å². The number of para-hydroxylation sites is 1. The average molecular weight is 847 g/mol. The molecule has 0 saturated carbocycles. The summed E-state index contributed by atoms with van der Waals surface area (Å²) in [5.74, 6) is -10.1. The van der Waals surface area contributed by atoms with Gasteiger partial charge in [-0.25, -0.2) is 4.79 Å². The Morgan fingerprint density at radius 1 is 0.881 bits per heavy atom. The first-order valence-electron chi connectivity index (χ1n) is 19.0. The molecule has 12 N–H and O–H groups in total. The number of aliphatic carboxylic acids is 1. The van der Waals surface area contributed by atoms with Crippen LogP contribution in [0.3, 0.4) is 0 Å². The second-order valence-corrected chi connectivity index (χ2v) is 16.7. The number of carbonyl (C=O) groups excluding carboxylic acids is 7. The normalized spacial score (nSPS) is 29.5. The molecular weight excluding hydrogens is 797 g/mol. The van der Waals surface area contributed by atoms with E-state index >= 15 is 0 Å². The van der Waals surface area contributed by atoms with Gasteiger partial charge in [0.05, 0.1) is 23.3 Å². The fraction of sp³-hybridized carbons (Fsp3) is 0.568. The number of amides is 7. The molecule has 3 aliphatic rings. The molecule has 10 unspecified atom stereocenters. The number of benzene rings is 1. The third-order valence-corrected chi connectivity index (χ3v) is 11.6. The number of carbonyl (C=O) groups is 8. The Morgan fingerprint density at radius 3 is 2.19 bits per heavy atom. The van der Waals surface area contributed by atoms with E-state index < -0.39 is 126 Å². The Hall–Kier alpha value is -5.29. The molecule has 322 valence electrons. The van der Waals surface area contributed by atoms with E-state index in [-0.39, 0.29) is 25.1 Å². The molecule has 5 rings (SSSR count). The highest BCUT2D eigenvalue weighted by molar-refractivity contribution is 7.99. The summed E-state index contributed by atoms with van der Waals surface area (Å²) < 4.78 is 0. The quantitative estimate of drug-likeness (QED) is 0.132. The summed E-state index contributed by atoms with van der Waals surface area (Å²) in [7, 11) is 0. The number of fused-ring (bicyclic) bond motifs is 5. The molecule has 22 heteroatoms. The molecular formula is C37H50N8O13S. The molecule has 1 fully saturated rings. The molecule has 2 aromatic rings. The highest BCUT2D eigenvalue weighted by atomic mass is 32.2. The van der Waals surface area contributed by atoms with Gasteiger partial charge in [-0.3, -0.25) is 33.6 Å². The highest BCUT2D eigenvalue weighted by Crippen LogP contribution is 2.32. The van der Waals surface area contributed by atoms with Gasteiger partial charge in [0, 0.05) is 42.5 Å². The zero-order chi connectivity index (χ0) is 43.5. The molecule has 1 saturated heterocycles. The van der Waals surface area contributed by atoms with Crippen molar-refractivity contribution < 1.29 is 63.9 Å². The number of aliphatic hydroxyl groups excluding tert-OH is 3. The number of rotatable bonds is 6. The summed E-state index contributed by atoms with van der Waals surface area (Å²) in [5, 5.41) is 67.6. The molecule has 2 bridgehead atoms. The summed E-state index contributed by atoms with van der Waals surface area (Å²) in [6.07, 6.45) is -4.92.